The summed E-state index contributed by atoms with van der Waals surface area (Å²) in [5.74, 6) is -2.36. The zero-order valence-corrected chi connectivity index (χ0v) is 12.6. The maximum Gasteiger partial charge on any atom is 0.198 e. The Kier molecular flexibility index (Phi) is 3.51. The van der Waals surface area contributed by atoms with Crippen LogP contribution in [0.3, 0.4) is 0 Å². The summed E-state index contributed by atoms with van der Waals surface area (Å²) in [4.78, 5) is 19.3. The molecule has 0 atom stereocenters. The van der Waals surface area contributed by atoms with Gasteiger partial charge < -0.3 is 4.98 Å². The van der Waals surface area contributed by atoms with E-state index in [0.717, 1.165) is 12.1 Å². The number of carbonyl (C=O) groups is 1. The fraction of sp³-hybridized carbons (Fsp3) is 0. The number of H-pyrrole nitrogens is 1. The van der Waals surface area contributed by atoms with Crippen molar-refractivity contribution < 1.29 is 13.6 Å². The average Bonchev–Trinajstić information content (AvgIpc) is 2.85. The van der Waals surface area contributed by atoms with Crippen LogP contribution < -0.4 is 0 Å². The summed E-state index contributed by atoms with van der Waals surface area (Å²) in [6.07, 6.45) is 2.98. The van der Waals surface area contributed by atoms with Crippen molar-refractivity contribution in [3.8, 4) is 0 Å². The van der Waals surface area contributed by atoms with E-state index >= 15 is 0 Å². The normalized spacial score (nSPS) is 11.0. The number of hydrogen-bond acceptors (Lipinski definition) is 2. The second-order valence-corrected chi connectivity index (χ2v) is 5.65. The van der Waals surface area contributed by atoms with E-state index in [-0.39, 0.29) is 16.1 Å². The van der Waals surface area contributed by atoms with Crippen LogP contribution >= 0.6 is 27.5 Å². The first-order valence-corrected chi connectivity index (χ1v) is 6.96. The van der Waals surface area contributed by atoms with Crippen molar-refractivity contribution in [3.63, 3.8) is 0 Å². The molecule has 0 spiro atoms. The van der Waals surface area contributed by atoms with E-state index in [1.165, 1.54) is 6.20 Å². The number of halogens is 4. The third-order valence-electron chi connectivity index (χ3n) is 3.00. The molecule has 0 radical (unpaired) electrons. The minimum absolute atomic E-state index is 0.208. The van der Waals surface area contributed by atoms with Crippen LogP contribution in [-0.4, -0.2) is 15.8 Å². The monoisotopic (exact) mass is 370 g/mol. The summed E-state index contributed by atoms with van der Waals surface area (Å²) < 4.78 is 28.0. The van der Waals surface area contributed by atoms with Crippen LogP contribution in [0.2, 0.25) is 5.02 Å². The van der Waals surface area contributed by atoms with E-state index in [9.17, 15) is 13.6 Å². The predicted molar refractivity (Wildman–Crippen MR) is 78.6 cm³/mol. The Labute approximate surface area is 131 Å². The number of fused-ring (bicyclic) bond motifs is 1. The van der Waals surface area contributed by atoms with Crippen molar-refractivity contribution in [3.05, 3.63) is 62.8 Å². The zero-order valence-electron chi connectivity index (χ0n) is 10.3. The van der Waals surface area contributed by atoms with Gasteiger partial charge in [0.15, 0.2) is 5.78 Å². The van der Waals surface area contributed by atoms with Gasteiger partial charge in [-0.05, 0) is 34.1 Å². The van der Waals surface area contributed by atoms with Crippen molar-refractivity contribution in [2.45, 2.75) is 0 Å². The van der Waals surface area contributed by atoms with Crippen LogP contribution in [0.25, 0.3) is 11.0 Å². The van der Waals surface area contributed by atoms with Crippen molar-refractivity contribution in [2.75, 3.05) is 0 Å². The molecule has 0 aliphatic rings. The van der Waals surface area contributed by atoms with Crippen LogP contribution in [-0.2, 0) is 0 Å². The Morgan fingerprint density at radius 2 is 1.95 bits per heavy atom. The summed E-state index contributed by atoms with van der Waals surface area (Å²) >= 11 is 8.74. The first-order valence-electron chi connectivity index (χ1n) is 5.79. The number of ketones is 1. The lowest BCUT2D eigenvalue weighted by Crippen LogP contribution is -2.05. The average molecular weight is 372 g/mol. The van der Waals surface area contributed by atoms with Crippen molar-refractivity contribution in [1.82, 2.24) is 9.97 Å². The Balaban J connectivity index is 2.17. The number of carbonyl (C=O) groups excluding carboxylic acids is 1. The van der Waals surface area contributed by atoms with E-state index in [1.54, 1.807) is 12.3 Å². The summed E-state index contributed by atoms with van der Waals surface area (Å²) in [5.41, 5.74) is 0.314. The third kappa shape index (κ3) is 2.45. The molecule has 7 heteroatoms. The van der Waals surface area contributed by atoms with Gasteiger partial charge >= 0.3 is 0 Å². The Hall–Kier alpha value is -1.79. The molecule has 0 aliphatic carbocycles. The van der Waals surface area contributed by atoms with Gasteiger partial charge in [0, 0.05) is 27.8 Å². The summed E-state index contributed by atoms with van der Waals surface area (Å²) in [6.45, 7) is 0. The molecule has 2 heterocycles. The topological polar surface area (TPSA) is 45.8 Å². The van der Waals surface area contributed by atoms with Crippen molar-refractivity contribution in [2.24, 2.45) is 0 Å². The van der Waals surface area contributed by atoms with Crippen molar-refractivity contribution in [1.29, 1.82) is 0 Å². The fourth-order valence-electron chi connectivity index (χ4n) is 2.01. The molecule has 0 saturated heterocycles. The molecule has 0 aliphatic heterocycles. The first-order chi connectivity index (χ1) is 9.97. The summed E-state index contributed by atoms with van der Waals surface area (Å²) in [6, 6.07) is 3.26. The quantitative estimate of drug-likeness (QED) is 0.533. The minimum Gasteiger partial charge on any atom is -0.345 e. The van der Waals surface area contributed by atoms with E-state index in [0.29, 0.717) is 15.5 Å². The molecule has 106 valence electrons. The van der Waals surface area contributed by atoms with Gasteiger partial charge in [0.05, 0.1) is 10.6 Å². The van der Waals surface area contributed by atoms with E-state index < -0.39 is 17.4 Å². The Bertz CT molecular complexity index is 879. The molecule has 0 unspecified atom stereocenters. The molecule has 0 fully saturated rings. The molecule has 0 bridgehead atoms. The second kappa shape index (κ2) is 5.20. The molecule has 21 heavy (non-hydrogen) atoms. The van der Waals surface area contributed by atoms with Crippen LogP contribution in [0, 0.1) is 11.6 Å². The molecule has 0 amide bonds. The van der Waals surface area contributed by atoms with Gasteiger partial charge in [-0.2, -0.15) is 0 Å². The van der Waals surface area contributed by atoms with E-state index in [1.807, 2.05) is 0 Å². The van der Waals surface area contributed by atoms with Crippen LogP contribution in [0.1, 0.15) is 15.9 Å². The number of benzene rings is 1. The number of pyridine rings is 1. The molecule has 3 rings (SSSR count). The third-order valence-corrected chi connectivity index (χ3v) is 3.72. The molecule has 1 N–H and O–H groups in total. The summed E-state index contributed by atoms with van der Waals surface area (Å²) in [5, 5.41) is 0.150. The molecule has 1 aromatic carbocycles. The maximum atomic E-state index is 13.8. The standard InChI is InChI=1S/C14H6BrClF2N2O/c15-6-1-7-9(5-20-14(7)19-4-6)13(21)8-2-12(18)10(16)3-11(8)17/h1-5H,(H,19,20). The zero-order chi connectivity index (χ0) is 15.1. The number of aromatic amines is 1. The number of nitrogens with zero attached hydrogens (tertiary/aromatic N) is 1. The van der Waals surface area contributed by atoms with Gasteiger partial charge in [0.25, 0.3) is 0 Å². The van der Waals surface area contributed by atoms with Crippen LogP contribution in [0.5, 0.6) is 0 Å². The highest BCUT2D eigenvalue weighted by Gasteiger charge is 2.20. The molecule has 3 nitrogen and oxygen atoms in total. The smallest absolute Gasteiger partial charge is 0.198 e. The largest absolute Gasteiger partial charge is 0.345 e. The van der Waals surface area contributed by atoms with Gasteiger partial charge in [-0.3, -0.25) is 4.79 Å². The Morgan fingerprint density at radius 3 is 2.71 bits per heavy atom. The molecule has 2 aromatic heterocycles. The second-order valence-electron chi connectivity index (χ2n) is 4.33. The minimum atomic E-state index is -0.872. The lowest BCUT2D eigenvalue weighted by molar-refractivity contribution is 0.103. The fourth-order valence-corrected chi connectivity index (χ4v) is 2.49. The number of aromatic nitrogens is 2. The van der Waals surface area contributed by atoms with Gasteiger partial charge in [-0.15, -0.1) is 0 Å². The SMILES string of the molecule is O=C(c1cc(F)c(Cl)cc1F)c1c[nH]c2ncc(Br)cc12. The molecule has 3 aromatic rings. The van der Waals surface area contributed by atoms with Crippen LogP contribution in [0.4, 0.5) is 8.78 Å². The van der Waals surface area contributed by atoms with E-state index in [2.05, 4.69) is 25.9 Å². The lowest BCUT2D eigenvalue weighted by atomic mass is 10.0. The highest BCUT2D eigenvalue weighted by atomic mass is 79.9. The molecular weight excluding hydrogens is 366 g/mol. The first kappa shape index (κ1) is 14.2. The lowest BCUT2D eigenvalue weighted by Gasteiger charge is -2.03. The summed E-state index contributed by atoms with van der Waals surface area (Å²) in [7, 11) is 0. The van der Waals surface area contributed by atoms with Crippen molar-refractivity contribution >= 4 is 44.3 Å². The van der Waals surface area contributed by atoms with E-state index in [4.69, 9.17) is 11.6 Å². The highest BCUT2D eigenvalue weighted by Crippen LogP contribution is 2.26. The molecular formula is C14H6BrClF2N2O. The van der Waals surface area contributed by atoms with Gasteiger partial charge in [-0.25, -0.2) is 13.8 Å². The van der Waals surface area contributed by atoms with Gasteiger partial charge in [0.2, 0.25) is 0 Å². The predicted octanol–water partition coefficient (Wildman–Crippen LogP) is 4.49. The number of hydrogen-bond donors (Lipinski definition) is 1. The number of rotatable bonds is 2. The Morgan fingerprint density at radius 1 is 1.19 bits per heavy atom. The van der Waals surface area contributed by atoms with Gasteiger partial charge in [-0.1, -0.05) is 11.6 Å². The molecule has 0 saturated carbocycles. The number of nitrogens with one attached hydrogen (secondary N) is 1. The highest BCUT2D eigenvalue weighted by molar-refractivity contribution is 9.10. The van der Waals surface area contributed by atoms with Gasteiger partial charge in [0.1, 0.15) is 17.3 Å². The maximum absolute atomic E-state index is 13.8. The van der Waals surface area contributed by atoms with Crippen LogP contribution in [0.15, 0.2) is 35.1 Å².